The predicted octanol–water partition coefficient (Wildman–Crippen LogP) is 4.39. The summed E-state index contributed by atoms with van der Waals surface area (Å²) in [5.41, 5.74) is 4.20. The summed E-state index contributed by atoms with van der Waals surface area (Å²) >= 11 is 1.59. The third-order valence-corrected chi connectivity index (χ3v) is 5.96. The van der Waals surface area contributed by atoms with E-state index in [2.05, 4.69) is 42.1 Å². The van der Waals surface area contributed by atoms with Gasteiger partial charge in [-0.15, -0.1) is 0 Å². The molecule has 5 aromatic rings. The van der Waals surface area contributed by atoms with Crippen molar-refractivity contribution in [2.24, 2.45) is 7.05 Å². The Hall–Kier alpha value is -3.32. The molecule has 0 saturated carbocycles. The number of aromatic nitrogens is 4. The van der Waals surface area contributed by atoms with Crippen LogP contribution in [0.3, 0.4) is 0 Å². The second kappa shape index (κ2) is 5.84. The summed E-state index contributed by atoms with van der Waals surface area (Å²) in [6, 6.07) is 14.3. The molecule has 0 saturated heterocycles. The second-order valence-corrected chi connectivity index (χ2v) is 7.75. The van der Waals surface area contributed by atoms with Gasteiger partial charge in [0.25, 0.3) is 0 Å². The number of fused-ring (bicyclic) bond motifs is 3. The Labute approximate surface area is 164 Å². The second-order valence-electron chi connectivity index (χ2n) is 6.79. The Kier molecular flexibility index (Phi) is 3.28. The molecule has 3 aromatic heterocycles. The maximum Gasteiger partial charge on any atom is 0.213 e. The molecule has 1 aliphatic rings. The number of nitrogens with zero attached hydrogens (tertiary/aromatic N) is 4. The highest BCUT2D eigenvalue weighted by Crippen LogP contribution is 2.36. The van der Waals surface area contributed by atoms with Crippen molar-refractivity contribution in [2.45, 2.75) is 0 Å². The largest absolute Gasteiger partial charge is 0.486 e. The summed E-state index contributed by atoms with van der Waals surface area (Å²) < 4.78 is 15.3. The average Bonchev–Trinajstić information content (AvgIpc) is 3.39. The number of ether oxygens (including phenoxy) is 2. The number of rotatable bonds is 2. The van der Waals surface area contributed by atoms with E-state index in [1.807, 2.05) is 28.9 Å². The van der Waals surface area contributed by atoms with E-state index in [4.69, 9.17) is 19.6 Å². The van der Waals surface area contributed by atoms with E-state index >= 15 is 0 Å². The Bertz CT molecular complexity index is 1320. The smallest absolute Gasteiger partial charge is 0.213 e. The number of para-hydroxylation sites is 1. The normalized spacial score (nSPS) is 13.5. The molecule has 0 atom stereocenters. The van der Waals surface area contributed by atoms with Crippen LogP contribution in [0.1, 0.15) is 0 Å². The molecule has 0 bridgehead atoms. The molecule has 0 N–H and O–H groups in total. The number of hydrogen-bond acceptors (Lipinski definition) is 5. The molecule has 6 rings (SSSR count). The summed E-state index contributed by atoms with van der Waals surface area (Å²) in [6.07, 6.45) is 4.09. The molecule has 1 aliphatic heterocycles. The van der Waals surface area contributed by atoms with Gasteiger partial charge in [0.05, 0.1) is 11.9 Å². The van der Waals surface area contributed by atoms with E-state index in [0.717, 1.165) is 38.3 Å². The number of aryl methyl sites for hydroxylation is 1. The van der Waals surface area contributed by atoms with Crippen LogP contribution in [0.25, 0.3) is 37.7 Å². The molecule has 0 unspecified atom stereocenters. The highest BCUT2D eigenvalue weighted by atomic mass is 32.1. The molecular formula is C21H16N4O2S. The van der Waals surface area contributed by atoms with Gasteiger partial charge in [0, 0.05) is 35.3 Å². The minimum absolute atomic E-state index is 0.574. The zero-order valence-electron chi connectivity index (χ0n) is 15.1. The van der Waals surface area contributed by atoms with Crippen molar-refractivity contribution >= 4 is 27.2 Å². The van der Waals surface area contributed by atoms with Crippen LogP contribution in [0.2, 0.25) is 0 Å². The molecular weight excluding hydrogens is 372 g/mol. The van der Waals surface area contributed by atoms with Gasteiger partial charge in [-0.3, -0.25) is 0 Å². The topological polar surface area (TPSA) is 53.6 Å². The molecule has 2 aromatic carbocycles. The summed E-state index contributed by atoms with van der Waals surface area (Å²) in [4.78, 5) is 5.65. The Morgan fingerprint density at radius 1 is 1.00 bits per heavy atom. The van der Waals surface area contributed by atoms with Gasteiger partial charge in [0.1, 0.15) is 18.2 Å². The van der Waals surface area contributed by atoms with Crippen LogP contribution in [-0.4, -0.2) is 32.4 Å². The Balaban J connectivity index is 1.42. The third kappa shape index (κ3) is 2.33. The van der Waals surface area contributed by atoms with Gasteiger partial charge in [-0.2, -0.15) is 5.10 Å². The number of imidazole rings is 1. The molecule has 7 heteroatoms. The maximum absolute atomic E-state index is 5.69. The average molecular weight is 388 g/mol. The lowest BCUT2D eigenvalue weighted by atomic mass is 10.1. The van der Waals surface area contributed by atoms with Crippen LogP contribution in [-0.2, 0) is 7.05 Å². The molecule has 4 heterocycles. The minimum Gasteiger partial charge on any atom is -0.486 e. The van der Waals surface area contributed by atoms with Gasteiger partial charge < -0.3 is 14.0 Å². The zero-order valence-corrected chi connectivity index (χ0v) is 15.9. The fourth-order valence-corrected chi connectivity index (χ4v) is 4.57. The first kappa shape index (κ1) is 15.7. The number of hydrogen-bond donors (Lipinski definition) is 0. The lowest BCUT2D eigenvalue weighted by molar-refractivity contribution is 0.171. The standard InChI is InChI=1S/C21H16N4O2S/c1-24-11-15(14-4-2-3-5-17(14)24)20-23-25-12-16(22-21(25)28-20)13-6-7-18-19(10-13)27-9-8-26-18/h2-7,10-12H,8-9H2,1H3. The fourth-order valence-electron chi connectivity index (χ4n) is 3.66. The van der Waals surface area contributed by atoms with Crippen molar-refractivity contribution in [3.05, 3.63) is 54.9 Å². The van der Waals surface area contributed by atoms with Crippen molar-refractivity contribution in [3.63, 3.8) is 0 Å². The molecule has 0 radical (unpaired) electrons. The van der Waals surface area contributed by atoms with Crippen LogP contribution in [0, 0.1) is 0 Å². The Morgan fingerprint density at radius 2 is 1.86 bits per heavy atom. The van der Waals surface area contributed by atoms with E-state index < -0.39 is 0 Å². The van der Waals surface area contributed by atoms with Gasteiger partial charge in [-0.1, -0.05) is 29.5 Å². The SMILES string of the molecule is Cn1cc(-c2nn3cc(-c4ccc5c(c4)OCCO5)nc3s2)c2ccccc21. The first-order valence-electron chi connectivity index (χ1n) is 9.07. The fraction of sp³-hybridized carbons (Fsp3) is 0.143. The van der Waals surface area contributed by atoms with Gasteiger partial charge in [-0.25, -0.2) is 9.50 Å². The summed E-state index contributed by atoms with van der Waals surface area (Å²) in [6.45, 7) is 1.16. The van der Waals surface area contributed by atoms with Crippen LogP contribution < -0.4 is 9.47 Å². The number of benzene rings is 2. The van der Waals surface area contributed by atoms with Gasteiger partial charge >= 0.3 is 0 Å². The first-order valence-corrected chi connectivity index (χ1v) is 9.88. The molecule has 0 aliphatic carbocycles. The van der Waals surface area contributed by atoms with Crippen LogP contribution in [0.5, 0.6) is 11.5 Å². The molecule has 0 amide bonds. The maximum atomic E-state index is 5.69. The quantitative estimate of drug-likeness (QED) is 0.450. The van der Waals surface area contributed by atoms with Crippen molar-refractivity contribution in [1.82, 2.24) is 19.2 Å². The minimum atomic E-state index is 0.574. The summed E-state index contributed by atoms with van der Waals surface area (Å²) in [5, 5.41) is 6.95. The highest BCUT2D eigenvalue weighted by molar-refractivity contribution is 7.20. The van der Waals surface area contributed by atoms with Crippen LogP contribution in [0.15, 0.2) is 54.9 Å². The van der Waals surface area contributed by atoms with E-state index in [1.165, 1.54) is 10.9 Å². The Morgan fingerprint density at radius 3 is 2.75 bits per heavy atom. The van der Waals surface area contributed by atoms with Crippen molar-refractivity contribution < 1.29 is 9.47 Å². The van der Waals surface area contributed by atoms with Crippen molar-refractivity contribution in [2.75, 3.05) is 13.2 Å². The van der Waals surface area contributed by atoms with E-state index in [1.54, 1.807) is 11.3 Å². The first-order chi connectivity index (χ1) is 13.8. The molecule has 6 nitrogen and oxygen atoms in total. The van der Waals surface area contributed by atoms with Crippen LogP contribution >= 0.6 is 11.3 Å². The third-order valence-electron chi connectivity index (χ3n) is 5.01. The van der Waals surface area contributed by atoms with Crippen molar-refractivity contribution in [3.8, 4) is 33.3 Å². The van der Waals surface area contributed by atoms with Crippen molar-refractivity contribution in [1.29, 1.82) is 0 Å². The van der Waals surface area contributed by atoms with Gasteiger partial charge in [0.2, 0.25) is 4.96 Å². The lowest BCUT2D eigenvalue weighted by Crippen LogP contribution is -2.15. The van der Waals surface area contributed by atoms with Gasteiger partial charge in [0.15, 0.2) is 11.5 Å². The molecule has 0 fully saturated rings. The molecule has 0 spiro atoms. The van der Waals surface area contributed by atoms with E-state index in [-0.39, 0.29) is 0 Å². The highest BCUT2D eigenvalue weighted by Gasteiger charge is 2.17. The van der Waals surface area contributed by atoms with E-state index in [0.29, 0.717) is 13.2 Å². The van der Waals surface area contributed by atoms with E-state index in [9.17, 15) is 0 Å². The summed E-state index contributed by atoms with van der Waals surface area (Å²) in [7, 11) is 2.06. The lowest BCUT2D eigenvalue weighted by Gasteiger charge is -2.18. The molecule has 138 valence electrons. The monoisotopic (exact) mass is 388 g/mol. The summed E-state index contributed by atoms with van der Waals surface area (Å²) in [5.74, 6) is 1.55. The van der Waals surface area contributed by atoms with Gasteiger partial charge in [-0.05, 0) is 24.3 Å². The zero-order chi connectivity index (χ0) is 18.7. The molecule has 28 heavy (non-hydrogen) atoms. The predicted molar refractivity (Wildman–Crippen MR) is 109 cm³/mol. The van der Waals surface area contributed by atoms with Crippen LogP contribution in [0.4, 0.5) is 0 Å².